The van der Waals surface area contributed by atoms with Gasteiger partial charge in [0.2, 0.25) is 0 Å². The van der Waals surface area contributed by atoms with Crippen LogP contribution in [0.5, 0.6) is 5.75 Å². The Morgan fingerprint density at radius 2 is 1.33 bits per heavy atom. The molecule has 0 saturated carbocycles. The molecule has 1 rings (SSSR count). The first-order valence-corrected chi connectivity index (χ1v) is 7.08. The first-order valence-electron chi connectivity index (χ1n) is 5.64. The van der Waals surface area contributed by atoms with Crippen LogP contribution in [0.2, 0.25) is 0 Å². The van der Waals surface area contributed by atoms with E-state index >= 15 is 0 Å². The number of carboxylic acids is 3. The average Bonchev–Trinajstić information content (AvgIpc) is 2.44. The number of hydrogen-bond acceptors (Lipinski definition) is 8. The smallest absolute Gasteiger partial charge is 0.339 e. The van der Waals surface area contributed by atoms with E-state index in [1.54, 1.807) is 0 Å². The van der Waals surface area contributed by atoms with Gasteiger partial charge in [0.25, 0.3) is 10.1 Å². The van der Waals surface area contributed by atoms with Crippen molar-refractivity contribution < 1.29 is 58.0 Å². The van der Waals surface area contributed by atoms with Crippen LogP contribution in [-0.4, -0.2) is 73.7 Å². The molecule has 0 bridgehead atoms. The summed E-state index contributed by atoms with van der Waals surface area (Å²) in [6, 6.07) is 2.46. The summed E-state index contributed by atoms with van der Waals surface area (Å²) in [5, 5.41) is 50.1. The van der Waals surface area contributed by atoms with Gasteiger partial charge in [0, 0.05) is 0 Å². The number of carbonyl (C=O) groups is 3. The molecule has 24 heavy (non-hydrogen) atoms. The predicted octanol–water partition coefficient (Wildman–Crippen LogP) is -1.79. The van der Waals surface area contributed by atoms with Crippen molar-refractivity contribution in [3.8, 4) is 5.75 Å². The van der Waals surface area contributed by atoms with Crippen molar-refractivity contribution in [3.05, 3.63) is 23.8 Å². The van der Waals surface area contributed by atoms with Crippen molar-refractivity contribution >= 4 is 28.0 Å². The van der Waals surface area contributed by atoms with Gasteiger partial charge in [0.1, 0.15) is 11.3 Å². The Kier molecular flexibility index (Phi) is 7.27. The van der Waals surface area contributed by atoms with E-state index in [1.807, 2.05) is 0 Å². The van der Waals surface area contributed by atoms with Crippen molar-refractivity contribution in [2.24, 2.45) is 0 Å². The fourth-order valence-electron chi connectivity index (χ4n) is 1.12. The van der Waals surface area contributed by atoms with E-state index in [0.717, 1.165) is 12.1 Å². The van der Waals surface area contributed by atoms with Crippen molar-refractivity contribution in [2.75, 3.05) is 0 Å². The maximum atomic E-state index is 10.6. The third-order valence-electron chi connectivity index (χ3n) is 2.30. The van der Waals surface area contributed by atoms with Gasteiger partial charge >= 0.3 is 17.9 Å². The molecular formula is C11H12O12S. The molecule has 0 aromatic heterocycles. The Morgan fingerprint density at radius 1 is 0.917 bits per heavy atom. The summed E-state index contributed by atoms with van der Waals surface area (Å²) in [6.45, 7) is 0. The molecule has 0 heterocycles. The molecule has 2 atom stereocenters. The second-order valence-corrected chi connectivity index (χ2v) is 5.45. The Balaban J connectivity index is 0.000000470. The molecule has 134 valence electrons. The molecule has 0 spiro atoms. The maximum Gasteiger partial charge on any atom is 0.339 e. The Morgan fingerprint density at radius 3 is 1.62 bits per heavy atom. The fourth-order valence-corrected chi connectivity index (χ4v) is 1.62. The second-order valence-electron chi connectivity index (χ2n) is 4.03. The highest BCUT2D eigenvalue weighted by Crippen LogP contribution is 2.20. The molecule has 0 aliphatic rings. The van der Waals surface area contributed by atoms with E-state index < -0.39 is 56.4 Å². The van der Waals surface area contributed by atoms with E-state index in [0.29, 0.717) is 6.07 Å². The summed E-state index contributed by atoms with van der Waals surface area (Å²) in [5.41, 5.74) is -0.583. The van der Waals surface area contributed by atoms with Crippen LogP contribution in [0.25, 0.3) is 0 Å². The normalized spacial score (nSPS) is 13.1. The molecule has 13 heteroatoms. The number of aliphatic carboxylic acids is 2. The highest BCUT2D eigenvalue weighted by molar-refractivity contribution is 7.85. The zero-order valence-corrected chi connectivity index (χ0v) is 12.3. The number of aromatic carboxylic acids is 1. The average molecular weight is 368 g/mol. The minimum atomic E-state index is -4.45. The SMILES string of the molecule is O=C(O)C(O)C(O)C(=O)O.O=C(O)c1cc(S(=O)(=O)O)ccc1O. The molecule has 12 nitrogen and oxygen atoms in total. The highest BCUT2D eigenvalue weighted by Gasteiger charge is 2.29. The van der Waals surface area contributed by atoms with Gasteiger partial charge in [-0.25, -0.2) is 14.4 Å². The lowest BCUT2D eigenvalue weighted by Gasteiger charge is -2.07. The highest BCUT2D eigenvalue weighted by atomic mass is 32.2. The van der Waals surface area contributed by atoms with Gasteiger partial charge in [-0.1, -0.05) is 0 Å². The van der Waals surface area contributed by atoms with Gasteiger partial charge < -0.3 is 30.6 Å². The number of aromatic hydroxyl groups is 1. The first kappa shape index (κ1) is 21.3. The Bertz CT molecular complexity index is 719. The zero-order valence-electron chi connectivity index (χ0n) is 11.5. The monoisotopic (exact) mass is 368 g/mol. The van der Waals surface area contributed by atoms with Crippen LogP contribution in [0.3, 0.4) is 0 Å². The van der Waals surface area contributed by atoms with Gasteiger partial charge in [-0.2, -0.15) is 8.42 Å². The van der Waals surface area contributed by atoms with Crippen LogP contribution < -0.4 is 0 Å². The van der Waals surface area contributed by atoms with Gasteiger partial charge in [0.05, 0.1) is 4.90 Å². The number of carboxylic acid groups (broad SMARTS) is 3. The lowest BCUT2D eigenvalue weighted by Crippen LogP contribution is -2.39. The number of aliphatic hydroxyl groups is 2. The van der Waals surface area contributed by atoms with Gasteiger partial charge in [-0.05, 0) is 18.2 Å². The molecule has 0 radical (unpaired) electrons. The van der Waals surface area contributed by atoms with Crippen LogP contribution >= 0.6 is 0 Å². The number of phenols is 1. The van der Waals surface area contributed by atoms with E-state index in [-0.39, 0.29) is 0 Å². The van der Waals surface area contributed by atoms with E-state index in [9.17, 15) is 22.8 Å². The molecule has 2 unspecified atom stereocenters. The first-order chi connectivity index (χ1) is 10.8. The minimum Gasteiger partial charge on any atom is -0.507 e. The van der Waals surface area contributed by atoms with E-state index in [4.69, 9.17) is 35.2 Å². The van der Waals surface area contributed by atoms with Crippen molar-refractivity contribution in [1.29, 1.82) is 0 Å². The summed E-state index contributed by atoms with van der Waals surface area (Å²) < 4.78 is 29.8. The van der Waals surface area contributed by atoms with Gasteiger partial charge in [-0.15, -0.1) is 0 Å². The fraction of sp³-hybridized carbons (Fsp3) is 0.182. The summed E-state index contributed by atoms with van der Waals surface area (Å²) in [5.74, 6) is -5.58. The summed E-state index contributed by atoms with van der Waals surface area (Å²) in [7, 11) is -4.45. The van der Waals surface area contributed by atoms with E-state index in [2.05, 4.69) is 0 Å². The lowest BCUT2D eigenvalue weighted by molar-refractivity contribution is -0.165. The van der Waals surface area contributed by atoms with Crippen molar-refractivity contribution in [2.45, 2.75) is 17.1 Å². The summed E-state index contributed by atoms with van der Waals surface area (Å²) in [4.78, 5) is 29.4. The topological polar surface area (TPSA) is 227 Å². The molecule has 1 aromatic carbocycles. The van der Waals surface area contributed by atoms with E-state index in [1.165, 1.54) is 0 Å². The number of rotatable bonds is 5. The van der Waals surface area contributed by atoms with Gasteiger partial charge in [0.15, 0.2) is 12.2 Å². The summed E-state index contributed by atoms with van der Waals surface area (Å²) in [6.07, 6.45) is -4.53. The van der Waals surface area contributed by atoms with Crippen LogP contribution in [0.15, 0.2) is 23.1 Å². The molecule has 0 aliphatic carbocycles. The Hall–Kier alpha value is -2.74. The quantitative estimate of drug-likeness (QED) is 0.286. The Labute approximate surface area is 133 Å². The largest absolute Gasteiger partial charge is 0.507 e. The number of aliphatic hydroxyl groups excluding tert-OH is 2. The zero-order chi connectivity index (χ0) is 19.2. The molecule has 1 aromatic rings. The molecule has 0 fully saturated rings. The van der Waals surface area contributed by atoms with Crippen LogP contribution in [0.1, 0.15) is 10.4 Å². The van der Waals surface area contributed by atoms with Gasteiger partial charge in [-0.3, -0.25) is 4.55 Å². The molecular weight excluding hydrogens is 356 g/mol. The maximum absolute atomic E-state index is 10.6. The van der Waals surface area contributed by atoms with Crippen LogP contribution in [0.4, 0.5) is 0 Å². The molecule has 0 amide bonds. The van der Waals surface area contributed by atoms with Crippen LogP contribution in [0, 0.1) is 0 Å². The second kappa shape index (κ2) is 8.21. The van der Waals surface area contributed by atoms with Crippen LogP contribution in [-0.2, 0) is 19.7 Å². The standard InChI is InChI=1S/C7H6O6S.C4H6O6/c8-6-2-1-4(14(11,12)13)3-5(6)7(9)10;5-1(3(7)8)2(6)4(9)10/h1-3,8H,(H,9,10)(H,11,12,13);1-2,5-6H,(H,7,8)(H,9,10). The molecule has 0 saturated heterocycles. The lowest BCUT2D eigenvalue weighted by atomic mass is 10.2. The molecule has 7 N–H and O–H groups in total. The third-order valence-corrected chi connectivity index (χ3v) is 3.15. The minimum absolute atomic E-state index is 0.565. The van der Waals surface area contributed by atoms with Crippen molar-refractivity contribution in [3.63, 3.8) is 0 Å². The van der Waals surface area contributed by atoms with Crippen molar-refractivity contribution in [1.82, 2.24) is 0 Å². The number of benzene rings is 1. The number of hydrogen-bond donors (Lipinski definition) is 7. The third kappa shape index (κ3) is 6.17. The summed E-state index contributed by atoms with van der Waals surface area (Å²) >= 11 is 0. The predicted molar refractivity (Wildman–Crippen MR) is 72.2 cm³/mol. The molecule has 0 aliphatic heterocycles.